The topological polar surface area (TPSA) is 94.7 Å². The van der Waals surface area contributed by atoms with Gasteiger partial charge in [-0.15, -0.1) is 0 Å². The molecule has 0 saturated carbocycles. The number of nitriles is 1. The largest absolute Gasteiger partial charge is 0.493 e. The second-order valence-corrected chi connectivity index (χ2v) is 4.48. The fourth-order valence-corrected chi connectivity index (χ4v) is 2.02. The number of aliphatic hydroxyl groups excluding tert-OH is 1. The van der Waals surface area contributed by atoms with Crippen LogP contribution in [0.15, 0.2) is 18.2 Å². The first-order valence-electron chi connectivity index (χ1n) is 5.91. The van der Waals surface area contributed by atoms with Gasteiger partial charge in [0.25, 0.3) is 0 Å². The van der Waals surface area contributed by atoms with Gasteiger partial charge in [-0.2, -0.15) is 5.26 Å². The van der Waals surface area contributed by atoms with Gasteiger partial charge in [0.1, 0.15) is 11.7 Å². The third-order valence-electron chi connectivity index (χ3n) is 3.20. The Morgan fingerprint density at radius 2 is 2.32 bits per heavy atom. The summed E-state index contributed by atoms with van der Waals surface area (Å²) in [7, 11) is 1.48. The maximum Gasteiger partial charge on any atom is 0.162 e. The molecule has 0 unspecified atom stereocenters. The number of nitrogens with zero attached hydrogens (tertiary/aromatic N) is 1. The summed E-state index contributed by atoms with van der Waals surface area (Å²) >= 11 is 0. The van der Waals surface area contributed by atoms with Crippen molar-refractivity contribution in [1.82, 2.24) is 5.32 Å². The van der Waals surface area contributed by atoms with E-state index >= 15 is 0 Å². The second kappa shape index (κ2) is 5.45. The highest BCUT2D eigenvalue weighted by Crippen LogP contribution is 2.31. The van der Waals surface area contributed by atoms with Gasteiger partial charge in [0.2, 0.25) is 0 Å². The summed E-state index contributed by atoms with van der Waals surface area (Å²) in [5, 5.41) is 31.2. The Morgan fingerprint density at radius 3 is 2.95 bits per heavy atom. The first-order valence-corrected chi connectivity index (χ1v) is 5.91. The molecule has 1 saturated heterocycles. The molecule has 1 aliphatic rings. The van der Waals surface area contributed by atoms with Gasteiger partial charge in [0.05, 0.1) is 25.3 Å². The lowest BCUT2D eigenvalue weighted by molar-refractivity contribution is -0.0636. The van der Waals surface area contributed by atoms with Crippen LogP contribution < -0.4 is 14.8 Å². The molecule has 0 bridgehead atoms. The smallest absolute Gasteiger partial charge is 0.162 e. The fourth-order valence-electron chi connectivity index (χ4n) is 2.02. The van der Waals surface area contributed by atoms with E-state index in [1.54, 1.807) is 18.2 Å². The molecule has 6 heteroatoms. The van der Waals surface area contributed by atoms with Crippen molar-refractivity contribution < 1.29 is 19.7 Å². The van der Waals surface area contributed by atoms with Crippen LogP contribution in [0, 0.1) is 11.3 Å². The van der Waals surface area contributed by atoms with Crippen LogP contribution in [0.1, 0.15) is 5.56 Å². The van der Waals surface area contributed by atoms with E-state index in [9.17, 15) is 10.2 Å². The lowest BCUT2D eigenvalue weighted by Crippen LogP contribution is -2.48. The van der Waals surface area contributed by atoms with Crippen LogP contribution in [-0.4, -0.2) is 48.7 Å². The highest BCUT2D eigenvalue weighted by molar-refractivity contribution is 5.47. The zero-order valence-corrected chi connectivity index (χ0v) is 10.6. The Kier molecular flexibility index (Phi) is 3.90. The number of aliphatic hydroxyl groups is 2. The van der Waals surface area contributed by atoms with Gasteiger partial charge in [0.15, 0.2) is 11.5 Å². The van der Waals surface area contributed by atoms with Crippen molar-refractivity contribution in [3.8, 4) is 17.6 Å². The van der Waals surface area contributed by atoms with Crippen LogP contribution >= 0.6 is 0 Å². The van der Waals surface area contributed by atoms with Crippen LogP contribution in [0.5, 0.6) is 11.5 Å². The summed E-state index contributed by atoms with van der Waals surface area (Å²) in [6.45, 7) is 0.316. The molecule has 0 radical (unpaired) electrons. The molecule has 2 atom stereocenters. The molecule has 1 aromatic rings. The van der Waals surface area contributed by atoms with Crippen LogP contribution in [0.3, 0.4) is 0 Å². The monoisotopic (exact) mass is 264 g/mol. The average molecular weight is 264 g/mol. The van der Waals surface area contributed by atoms with Gasteiger partial charge in [-0.3, -0.25) is 0 Å². The molecular formula is C13H16N2O4. The highest BCUT2D eigenvalue weighted by atomic mass is 16.5. The number of nitrogens with one attached hydrogen (secondary N) is 1. The van der Waals surface area contributed by atoms with Crippen LogP contribution in [-0.2, 0) is 0 Å². The zero-order valence-electron chi connectivity index (χ0n) is 10.6. The molecule has 19 heavy (non-hydrogen) atoms. The summed E-state index contributed by atoms with van der Waals surface area (Å²) in [5.41, 5.74) is -0.843. The molecule has 1 heterocycles. The Morgan fingerprint density at radius 1 is 1.53 bits per heavy atom. The van der Waals surface area contributed by atoms with Crippen LogP contribution in [0.25, 0.3) is 0 Å². The number of β-amino-alcohol motifs (C(OH)–C–C–N with tert-alkyl or cyclic N) is 1. The molecule has 0 amide bonds. The Balaban J connectivity index is 2.22. The van der Waals surface area contributed by atoms with E-state index in [0.29, 0.717) is 23.6 Å². The van der Waals surface area contributed by atoms with Crippen LogP contribution in [0.2, 0.25) is 0 Å². The number of hydrogen-bond donors (Lipinski definition) is 3. The SMILES string of the molecule is COc1cc(C#N)ccc1O[C@H]1CNC[C@@]1(O)CO. The fraction of sp³-hybridized carbons (Fsp3) is 0.462. The molecule has 3 N–H and O–H groups in total. The molecule has 1 aromatic carbocycles. The predicted molar refractivity (Wildman–Crippen MR) is 67.0 cm³/mol. The van der Waals surface area contributed by atoms with Gasteiger partial charge in [-0.25, -0.2) is 0 Å². The van der Waals surface area contributed by atoms with Crippen molar-refractivity contribution >= 4 is 0 Å². The van der Waals surface area contributed by atoms with Gasteiger partial charge < -0.3 is 25.0 Å². The molecule has 1 aliphatic heterocycles. The van der Waals surface area contributed by atoms with E-state index in [1.165, 1.54) is 7.11 Å². The van der Waals surface area contributed by atoms with E-state index in [-0.39, 0.29) is 13.2 Å². The highest BCUT2D eigenvalue weighted by Gasteiger charge is 2.43. The third kappa shape index (κ3) is 2.63. The molecule has 102 valence electrons. The van der Waals surface area contributed by atoms with Crippen molar-refractivity contribution in [2.75, 3.05) is 26.8 Å². The third-order valence-corrected chi connectivity index (χ3v) is 3.20. The summed E-state index contributed by atoms with van der Waals surface area (Å²) in [4.78, 5) is 0. The first kappa shape index (κ1) is 13.6. The minimum Gasteiger partial charge on any atom is -0.493 e. The van der Waals surface area contributed by atoms with Gasteiger partial charge in [-0.1, -0.05) is 0 Å². The van der Waals surface area contributed by atoms with Crippen molar-refractivity contribution in [1.29, 1.82) is 5.26 Å². The second-order valence-electron chi connectivity index (χ2n) is 4.48. The minimum atomic E-state index is -1.31. The maximum atomic E-state index is 10.2. The van der Waals surface area contributed by atoms with Crippen molar-refractivity contribution in [3.05, 3.63) is 23.8 Å². The Bertz CT molecular complexity index is 500. The lowest BCUT2D eigenvalue weighted by atomic mass is 10.0. The molecule has 2 rings (SSSR count). The number of methoxy groups -OCH3 is 1. The zero-order chi connectivity index (χ0) is 13.9. The molecule has 0 aromatic heterocycles. The van der Waals surface area contributed by atoms with Gasteiger partial charge in [-0.05, 0) is 12.1 Å². The maximum absolute atomic E-state index is 10.2. The normalized spacial score (nSPS) is 25.9. The van der Waals surface area contributed by atoms with Crippen LogP contribution in [0.4, 0.5) is 0 Å². The van der Waals surface area contributed by atoms with E-state index in [1.807, 2.05) is 6.07 Å². The van der Waals surface area contributed by atoms with E-state index in [4.69, 9.17) is 14.7 Å². The number of hydrogen-bond acceptors (Lipinski definition) is 6. The van der Waals surface area contributed by atoms with Crippen molar-refractivity contribution in [2.45, 2.75) is 11.7 Å². The quantitative estimate of drug-likeness (QED) is 0.687. The molecule has 6 nitrogen and oxygen atoms in total. The first-order chi connectivity index (χ1) is 9.12. The number of ether oxygens (including phenoxy) is 2. The summed E-state index contributed by atoms with van der Waals surface area (Å²) < 4.78 is 10.9. The molecular weight excluding hydrogens is 248 g/mol. The average Bonchev–Trinajstić information content (AvgIpc) is 2.81. The Labute approximate surface area is 111 Å². The number of benzene rings is 1. The number of rotatable bonds is 4. The summed E-state index contributed by atoms with van der Waals surface area (Å²) in [5.74, 6) is 0.855. The standard InChI is InChI=1S/C13H16N2O4/c1-18-11-4-9(5-14)2-3-10(11)19-12-6-15-7-13(12,17)8-16/h2-4,12,15-17H,6-8H2,1H3/t12-,13+/m0/s1. The predicted octanol–water partition coefficient (Wildman–Crippen LogP) is -0.359. The summed E-state index contributed by atoms with van der Waals surface area (Å²) in [6.07, 6.45) is -0.570. The van der Waals surface area contributed by atoms with E-state index in [0.717, 1.165) is 0 Å². The van der Waals surface area contributed by atoms with Crippen molar-refractivity contribution in [2.24, 2.45) is 0 Å². The van der Waals surface area contributed by atoms with E-state index < -0.39 is 11.7 Å². The van der Waals surface area contributed by atoms with Gasteiger partial charge in [0, 0.05) is 19.2 Å². The Hall–Kier alpha value is -1.81. The molecule has 1 fully saturated rings. The lowest BCUT2D eigenvalue weighted by Gasteiger charge is -2.27. The van der Waals surface area contributed by atoms with Gasteiger partial charge >= 0.3 is 0 Å². The summed E-state index contributed by atoms with van der Waals surface area (Å²) in [6, 6.07) is 6.81. The molecule has 0 aliphatic carbocycles. The van der Waals surface area contributed by atoms with Crippen molar-refractivity contribution in [3.63, 3.8) is 0 Å². The van der Waals surface area contributed by atoms with E-state index in [2.05, 4.69) is 5.32 Å². The minimum absolute atomic E-state index is 0.271. The molecule has 0 spiro atoms.